The second-order valence-electron chi connectivity index (χ2n) is 8.35. The Morgan fingerprint density at radius 2 is 1.55 bits per heavy atom. The van der Waals surface area contributed by atoms with Gasteiger partial charge in [-0.05, 0) is 60.6 Å². The molecule has 0 aliphatic carbocycles. The first-order valence-electron chi connectivity index (χ1n) is 10.1. The monoisotopic (exact) mass is 431 g/mol. The van der Waals surface area contributed by atoms with Crippen molar-refractivity contribution in [3.63, 3.8) is 0 Å². The van der Waals surface area contributed by atoms with Gasteiger partial charge in [0.1, 0.15) is 17.2 Å². The number of alkyl carbamates (subject to hydrolysis) is 1. The van der Waals surface area contributed by atoms with Gasteiger partial charge >= 0.3 is 12.1 Å². The Balaban J connectivity index is 3.08. The maximum absolute atomic E-state index is 12.6. The number of benzene rings is 1. The van der Waals surface area contributed by atoms with Crippen LogP contribution in [0.3, 0.4) is 0 Å². The first kappa shape index (κ1) is 21.6. The molecule has 0 spiro atoms. The molecule has 0 aliphatic heterocycles. The molecule has 0 fully saturated rings. The summed E-state index contributed by atoms with van der Waals surface area (Å²) in [5.41, 5.74) is -1.01. The average Bonchev–Trinajstić information content (AvgIpc) is 2.55. The number of ether oxygens (including phenoxy) is 2. The predicted molar refractivity (Wildman–Crippen MR) is 108 cm³/mol. The minimum Gasteiger partial charge on any atom is -0.458 e. The fraction of sp³-hybridized carbons (Fsp3) is 0.600. The number of nitrogens with one attached hydrogen (secondary N) is 1. The second kappa shape index (κ2) is 9.58. The SMILES string of the molecule is [2H][C@@H]([C@H]([2H])OS(=O)(=O)c1ccc(C)cc1)[C@H](NC(=O)OC(C)(C)C)C(=O)OC(C)(C)C. The van der Waals surface area contributed by atoms with Gasteiger partial charge in [0.05, 0.1) is 12.8 Å². The molecule has 3 atom stereocenters. The zero-order chi connectivity index (χ0) is 24.2. The highest BCUT2D eigenvalue weighted by Gasteiger charge is 2.29. The molecule has 0 radical (unpaired) electrons. The van der Waals surface area contributed by atoms with Crippen molar-refractivity contribution in [2.24, 2.45) is 0 Å². The number of hydrogen-bond acceptors (Lipinski definition) is 7. The van der Waals surface area contributed by atoms with Crippen LogP contribution in [0.5, 0.6) is 0 Å². The van der Waals surface area contributed by atoms with Gasteiger partial charge in [0.15, 0.2) is 0 Å². The number of aryl methyl sites for hydroxylation is 1. The summed E-state index contributed by atoms with van der Waals surface area (Å²) in [7, 11) is -4.38. The van der Waals surface area contributed by atoms with E-state index in [1.54, 1.807) is 60.6 Å². The zero-order valence-corrected chi connectivity index (χ0v) is 18.6. The van der Waals surface area contributed by atoms with E-state index in [1.165, 1.54) is 12.1 Å². The van der Waals surface area contributed by atoms with Crippen LogP contribution >= 0.6 is 0 Å². The van der Waals surface area contributed by atoms with Gasteiger partial charge < -0.3 is 14.8 Å². The van der Waals surface area contributed by atoms with Crippen molar-refractivity contribution in [1.82, 2.24) is 5.32 Å². The summed E-state index contributed by atoms with van der Waals surface area (Å²) < 4.78 is 56.2. The van der Waals surface area contributed by atoms with Crippen molar-refractivity contribution in [3.8, 4) is 0 Å². The average molecular weight is 432 g/mol. The molecular formula is C20H31NO7S. The molecule has 0 bridgehead atoms. The van der Waals surface area contributed by atoms with Gasteiger partial charge in [0.25, 0.3) is 10.1 Å². The van der Waals surface area contributed by atoms with Crippen LogP contribution in [-0.4, -0.2) is 44.3 Å². The summed E-state index contributed by atoms with van der Waals surface area (Å²) in [6.07, 6.45) is -2.85. The summed E-state index contributed by atoms with van der Waals surface area (Å²) in [6.45, 7) is 9.34. The Labute approximate surface area is 175 Å². The molecule has 0 saturated carbocycles. The number of amides is 1. The van der Waals surface area contributed by atoms with Crippen molar-refractivity contribution in [3.05, 3.63) is 29.8 Å². The first-order valence-corrected chi connectivity index (χ1v) is 10.4. The van der Waals surface area contributed by atoms with Gasteiger partial charge in [-0.2, -0.15) is 8.42 Å². The lowest BCUT2D eigenvalue weighted by Gasteiger charge is -2.26. The highest BCUT2D eigenvalue weighted by Crippen LogP contribution is 2.15. The molecule has 1 aromatic rings. The van der Waals surface area contributed by atoms with E-state index in [0.717, 1.165) is 5.56 Å². The largest absolute Gasteiger partial charge is 0.458 e. The van der Waals surface area contributed by atoms with E-state index in [4.69, 9.17) is 16.4 Å². The summed E-state index contributed by atoms with van der Waals surface area (Å²) >= 11 is 0. The molecule has 0 aromatic heterocycles. The molecule has 1 N–H and O–H groups in total. The van der Waals surface area contributed by atoms with Gasteiger partial charge in [-0.25, -0.2) is 9.59 Å². The molecule has 164 valence electrons. The number of rotatable bonds is 7. The van der Waals surface area contributed by atoms with E-state index in [-0.39, 0.29) is 4.90 Å². The molecular weight excluding hydrogens is 398 g/mol. The summed E-state index contributed by atoms with van der Waals surface area (Å²) in [5, 5.41) is 2.19. The minimum atomic E-state index is -4.38. The Kier molecular flexibility index (Phi) is 7.13. The normalized spacial score (nSPS) is 16.7. The first-order chi connectivity index (χ1) is 13.9. The van der Waals surface area contributed by atoms with E-state index in [1.807, 2.05) is 0 Å². The minimum absolute atomic E-state index is 0.198. The topological polar surface area (TPSA) is 108 Å². The third-order valence-electron chi connectivity index (χ3n) is 3.10. The van der Waals surface area contributed by atoms with E-state index in [2.05, 4.69) is 5.32 Å². The molecule has 29 heavy (non-hydrogen) atoms. The van der Waals surface area contributed by atoms with E-state index >= 15 is 0 Å². The molecule has 8 nitrogen and oxygen atoms in total. The van der Waals surface area contributed by atoms with Crippen molar-refractivity contribution in [2.45, 2.75) is 77.0 Å². The van der Waals surface area contributed by atoms with Gasteiger partial charge in [-0.15, -0.1) is 0 Å². The quantitative estimate of drug-likeness (QED) is 0.521. The zero-order valence-electron chi connectivity index (χ0n) is 19.8. The molecule has 0 saturated heterocycles. The van der Waals surface area contributed by atoms with E-state index in [9.17, 15) is 18.0 Å². The van der Waals surface area contributed by atoms with Crippen LogP contribution in [-0.2, 0) is 28.6 Å². The Morgan fingerprint density at radius 1 is 1.03 bits per heavy atom. The van der Waals surface area contributed by atoms with Crippen LogP contribution in [0.1, 0.15) is 56.2 Å². The van der Waals surface area contributed by atoms with Crippen molar-refractivity contribution >= 4 is 22.2 Å². The predicted octanol–water partition coefficient (Wildman–Crippen LogP) is 3.33. The Hall–Kier alpha value is -2.13. The van der Waals surface area contributed by atoms with Crippen LogP contribution in [0.2, 0.25) is 0 Å². The number of carbonyl (C=O) groups is 2. The van der Waals surface area contributed by atoms with Crippen molar-refractivity contribution < 1.29 is 34.4 Å². The molecule has 1 rings (SSSR count). The van der Waals surface area contributed by atoms with Gasteiger partial charge in [0, 0.05) is 7.77 Å². The highest BCUT2D eigenvalue weighted by molar-refractivity contribution is 7.86. The van der Waals surface area contributed by atoms with E-state index in [0.29, 0.717) is 0 Å². The van der Waals surface area contributed by atoms with Crippen molar-refractivity contribution in [2.75, 3.05) is 6.58 Å². The number of hydrogen-bond donors (Lipinski definition) is 1. The maximum Gasteiger partial charge on any atom is 0.408 e. The Bertz CT molecular complexity index is 874. The number of carbonyl (C=O) groups excluding carboxylic acids is 2. The molecule has 1 aromatic carbocycles. The molecule has 9 heteroatoms. The van der Waals surface area contributed by atoms with Gasteiger partial charge in [0.2, 0.25) is 0 Å². The summed E-state index contributed by atoms with van der Waals surface area (Å²) in [6, 6.07) is 4.02. The van der Waals surface area contributed by atoms with Gasteiger partial charge in [-0.3, -0.25) is 4.18 Å². The lowest BCUT2D eigenvalue weighted by Crippen LogP contribution is -2.46. The molecule has 0 aliphatic rings. The lowest BCUT2D eigenvalue weighted by molar-refractivity contribution is -0.157. The van der Waals surface area contributed by atoms with Crippen LogP contribution in [0.15, 0.2) is 29.2 Å². The molecule has 1 amide bonds. The van der Waals surface area contributed by atoms with Crippen LogP contribution in [0.25, 0.3) is 0 Å². The Morgan fingerprint density at radius 3 is 2.03 bits per heavy atom. The van der Waals surface area contributed by atoms with Crippen LogP contribution in [0, 0.1) is 6.92 Å². The highest BCUT2D eigenvalue weighted by atomic mass is 32.2. The third-order valence-corrected chi connectivity index (χ3v) is 4.31. The standard InChI is InChI=1S/C20H31NO7S/c1-14-8-10-15(11-9-14)29(24,25)26-13-12-16(17(22)27-19(2,3)4)21-18(23)28-20(5,6)7/h8-11,16H,12-13H2,1-7H3,(H,21,23)/t16-/m0/s1/i12D,13D/t12-,13-,16-. The van der Waals surface area contributed by atoms with Gasteiger partial charge in [-0.1, -0.05) is 17.7 Å². The maximum atomic E-state index is 12.6. The number of esters is 1. The third kappa shape index (κ3) is 9.76. The van der Waals surface area contributed by atoms with Crippen LogP contribution in [0.4, 0.5) is 4.79 Å². The molecule has 0 unspecified atom stereocenters. The van der Waals surface area contributed by atoms with Crippen molar-refractivity contribution in [1.29, 1.82) is 0 Å². The summed E-state index contributed by atoms with van der Waals surface area (Å²) in [5.74, 6) is -1.02. The summed E-state index contributed by atoms with van der Waals surface area (Å²) in [4.78, 5) is 24.5. The second-order valence-corrected chi connectivity index (χ2v) is 9.92. The molecule has 0 heterocycles. The smallest absolute Gasteiger partial charge is 0.408 e. The van der Waals surface area contributed by atoms with Crippen LogP contribution < -0.4 is 5.32 Å². The lowest BCUT2D eigenvalue weighted by atomic mass is 10.1. The fourth-order valence-corrected chi connectivity index (χ4v) is 2.72. The fourth-order valence-electron chi connectivity index (χ4n) is 1.93. The van der Waals surface area contributed by atoms with E-state index < -0.39 is 52.4 Å².